The first-order valence-electron chi connectivity index (χ1n) is 5.75. The zero-order chi connectivity index (χ0) is 14.3. The number of halogens is 4. The van der Waals surface area contributed by atoms with Gasteiger partial charge in [0.05, 0.1) is 6.61 Å². The van der Waals surface area contributed by atoms with E-state index in [0.29, 0.717) is 12.3 Å². The highest BCUT2D eigenvalue weighted by molar-refractivity contribution is 9.10. The van der Waals surface area contributed by atoms with Crippen LogP contribution in [0.3, 0.4) is 0 Å². The third-order valence-corrected chi connectivity index (χ3v) is 2.97. The van der Waals surface area contributed by atoms with E-state index in [1.165, 1.54) is 0 Å². The Bertz CT molecular complexity index is 399. The molecule has 0 unspecified atom stereocenters. The number of hydrogen-bond acceptors (Lipinski definition) is 3. The minimum Gasteiger partial charge on any atom is -0.491 e. The third kappa shape index (κ3) is 6.79. The lowest BCUT2D eigenvalue weighted by Gasteiger charge is -2.11. The summed E-state index contributed by atoms with van der Waals surface area (Å²) < 4.78 is 45.0. The molecule has 1 aromatic carbocycles. The summed E-state index contributed by atoms with van der Waals surface area (Å²) in [7, 11) is 0. The van der Waals surface area contributed by atoms with Gasteiger partial charge in [-0.2, -0.15) is 0 Å². The van der Waals surface area contributed by atoms with Crippen LogP contribution in [0.25, 0.3) is 0 Å². The Balaban J connectivity index is 2.45. The zero-order valence-corrected chi connectivity index (χ0v) is 12.0. The van der Waals surface area contributed by atoms with E-state index >= 15 is 0 Å². The van der Waals surface area contributed by atoms with Crippen molar-refractivity contribution in [3.63, 3.8) is 0 Å². The van der Waals surface area contributed by atoms with Gasteiger partial charge >= 0.3 is 6.36 Å². The molecule has 0 fully saturated rings. The largest absolute Gasteiger partial charge is 0.522 e. The molecule has 1 aromatic rings. The van der Waals surface area contributed by atoms with Crippen LogP contribution >= 0.6 is 15.9 Å². The smallest absolute Gasteiger partial charge is 0.491 e. The van der Waals surface area contributed by atoms with Crippen LogP contribution in [0.2, 0.25) is 0 Å². The number of hydrogen-bond donors (Lipinski definition) is 1. The lowest BCUT2D eigenvalue weighted by Crippen LogP contribution is -2.18. The molecule has 0 aliphatic carbocycles. The van der Waals surface area contributed by atoms with Crippen LogP contribution in [0.1, 0.15) is 12.5 Å². The molecule has 108 valence electrons. The second-order valence-electron chi connectivity index (χ2n) is 3.68. The molecule has 0 radical (unpaired) electrons. The number of rotatable bonds is 7. The Hall–Kier alpha value is -0.790. The number of alkyl halides is 3. The topological polar surface area (TPSA) is 30.5 Å². The minimum atomic E-state index is -4.61. The van der Waals surface area contributed by atoms with E-state index in [1.54, 1.807) is 18.2 Å². The summed E-state index contributed by atoms with van der Waals surface area (Å²) in [5.74, 6) is 0.516. The van der Waals surface area contributed by atoms with Gasteiger partial charge in [-0.15, -0.1) is 13.2 Å². The van der Waals surface area contributed by atoms with E-state index in [4.69, 9.17) is 4.74 Å². The Labute approximate surface area is 118 Å². The summed E-state index contributed by atoms with van der Waals surface area (Å²) >= 11 is 3.40. The Kier molecular flexibility index (Phi) is 6.60. The van der Waals surface area contributed by atoms with Crippen molar-refractivity contribution in [2.75, 3.05) is 19.8 Å². The van der Waals surface area contributed by atoms with Crippen LogP contribution in [-0.4, -0.2) is 26.1 Å². The molecular weight excluding hydrogens is 327 g/mol. The van der Waals surface area contributed by atoms with Gasteiger partial charge in [0.25, 0.3) is 0 Å². The summed E-state index contributed by atoms with van der Waals surface area (Å²) in [6.45, 7) is 2.80. The molecule has 3 nitrogen and oxygen atoms in total. The summed E-state index contributed by atoms with van der Waals surface area (Å²) in [5, 5.41) is 3.16. The van der Waals surface area contributed by atoms with Crippen molar-refractivity contribution in [3.05, 3.63) is 28.2 Å². The molecule has 0 bridgehead atoms. The Morgan fingerprint density at radius 2 is 2.00 bits per heavy atom. The van der Waals surface area contributed by atoms with E-state index in [-0.39, 0.29) is 6.61 Å². The van der Waals surface area contributed by atoms with E-state index in [9.17, 15) is 13.2 Å². The van der Waals surface area contributed by atoms with Gasteiger partial charge in [-0.3, -0.25) is 4.74 Å². The van der Waals surface area contributed by atoms with Gasteiger partial charge in [0.2, 0.25) is 0 Å². The molecule has 0 spiro atoms. The molecule has 0 amide bonds. The monoisotopic (exact) mass is 341 g/mol. The van der Waals surface area contributed by atoms with Gasteiger partial charge in [0.1, 0.15) is 12.4 Å². The van der Waals surface area contributed by atoms with Gasteiger partial charge in [-0.1, -0.05) is 22.9 Å². The van der Waals surface area contributed by atoms with Gasteiger partial charge in [-0.05, 0) is 30.3 Å². The first-order chi connectivity index (χ1) is 8.92. The SMILES string of the molecule is CCNCc1cc(OCCOC(F)(F)F)ccc1Br. The van der Waals surface area contributed by atoms with Crippen LogP contribution in [0.4, 0.5) is 13.2 Å². The second kappa shape index (κ2) is 7.72. The molecule has 0 saturated carbocycles. The van der Waals surface area contributed by atoms with Crippen molar-refractivity contribution in [2.24, 2.45) is 0 Å². The average Bonchev–Trinajstić information content (AvgIpc) is 2.33. The maximum Gasteiger partial charge on any atom is 0.522 e. The predicted molar refractivity (Wildman–Crippen MR) is 69.0 cm³/mol. The zero-order valence-electron chi connectivity index (χ0n) is 10.4. The minimum absolute atomic E-state index is 0.151. The Morgan fingerprint density at radius 3 is 2.63 bits per heavy atom. The number of nitrogens with one attached hydrogen (secondary N) is 1. The predicted octanol–water partition coefficient (Wildman–Crippen LogP) is 3.47. The molecule has 0 aliphatic heterocycles. The van der Waals surface area contributed by atoms with Crippen LogP contribution < -0.4 is 10.1 Å². The van der Waals surface area contributed by atoms with Crippen molar-refractivity contribution in [3.8, 4) is 5.75 Å². The van der Waals surface area contributed by atoms with E-state index in [2.05, 4.69) is 26.0 Å². The average molecular weight is 342 g/mol. The van der Waals surface area contributed by atoms with Crippen LogP contribution in [0, 0.1) is 0 Å². The van der Waals surface area contributed by atoms with Crippen molar-refractivity contribution in [1.29, 1.82) is 0 Å². The highest BCUT2D eigenvalue weighted by atomic mass is 79.9. The fraction of sp³-hybridized carbons (Fsp3) is 0.500. The fourth-order valence-electron chi connectivity index (χ4n) is 1.35. The van der Waals surface area contributed by atoms with Crippen LogP contribution in [0.15, 0.2) is 22.7 Å². The maximum absolute atomic E-state index is 11.7. The van der Waals surface area contributed by atoms with Crippen LogP contribution in [-0.2, 0) is 11.3 Å². The lowest BCUT2D eigenvalue weighted by molar-refractivity contribution is -0.325. The summed E-state index contributed by atoms with van der Waals surface area (Å²) in [6, 6.07) is 5.26. The van der Waals surface area contributed by atoms with E-state index in [0.717, 1.165) is 16.6 Å². The van der Waals surface area contributed by atoms with E-state index < -0.39 is 13.0 Å². The van der Waals surface area contributed by atoms with Crippen molar-refractivity contribution >= 4 is 15.9 Å². The molecule has 19 heavy (non-hydrogen) atoms. The molecule has 7 heteroatoms. The molecule has 1 N–H and O–H groups in total. The maximum atomic E-state index is 11.7. The number of ether oxygens (including phenoxy) is 2. The van der Waals surface area contributed by atoms with Crippen molar-refractivity contribution < 1.29 is 22.6 Å². The molecule has 0 saturated heterocycles. The van der Waals surface area contributed by atoms with Gasteiger partial charge in [0, 0.05) is 11.0 Å². The van der Waals surface area contributed by atoms with Gasteiger partial charge in [0.15, 0.2) is 0 Å². The molecular formula is C12H15BrF3NO2. The number of benzene rings is 1. The third-order valence-electron chi connectivity index (χ3n) is 2.20. The van der Waals surface area contributed by atoms with Crippen molar-refractivity contribution in [1.82, 2.24) is 5.32 Å². The van der Waals surface area contributed by atoms with Crippen LogP contribution in [0.5, 0.6) is 5.75 Å². The Morgan fingerprint density at radius 1 is 1.26 bits per heavy atom. The first-order valence-corrected chi connectivity index (χ1v) is 6.54. The lowest BCUT2D eigenvalue weighted by atomic mass is 10.2. The summed E-state index contributed by atoms with van der Waals surface area (Å²) in [6.07, 6.45) is -4.61. The molecule has 0 heterocycles. The highest BCUT2D eigenvalue weighted by Crippen LogP contribution is 2.23. The fourth-order valence-corrected chi connectivity index (χ4v) is 1.74. The van der Waals surface area contributed by atoms with Gasteiger partial charge < -0.3 is 10.1 Å². The molecule has 0 aromatic heterocycles. The summed E-state index contributed by atoms with van der Waals surface area (Å²) in [5.41, 5.74) is 0.982. The molecule has 0 atom stereocenters. The molecule has 1 rings (SSSR count). The normalized spacial score (nSPS) is 11.6. The second-order valence-corrected chi connectivity index (χ2v) is 4.53. The standard InChI is InChI=1S/C12H15BrF3NO2/c1-2-17-8-9-7-10(3-4-11(9)13)18-5-6-19-12(14,15)16/h3-4,7,17H,2,5-6,8H2,1H3. The van der Waals surface area contributed by atoms with E-state index in [1.807, 2.05) is 6.92 Å². The quantitative estimate of drug-likeness (QED) is 0.770. The van der Waals surface area contributed by atoms with Gasteiger partial charge in [-0.25, -0.2) is 0 Å². The highest BCUT2D eigenvalue weighted by Gasteiger charge is 2.28. The molecule has 0 aliphatic rings. The first kappa shape index (κ1) is 16.3. The van der Waals surface area contributed by atoms with Crippen molar-refractivity contribution in [2.45, 2.75) is 19.8 Å². The summed E-state index contributed by atoms with van der Waals surface area (Å²) in [4.78, 5) is 0.